The number of hydrogen-bond acceptors (Lipinski definition) is 7. The van der Waals surface area contributed by atoms with Crippen LogP contribution in [0.2, 0.25) is 0 Å². The van der Waals surface area contributed by atoms with Crippen LogP contribution >= 0.6 is 0 Å². The molecule has 0 amide bonds. The van der Waals surface area contributed by atoms with Gasteiger partial charge in [0.2, 0.25) is 12.0 Å². The molecule has 1 saturated heterocycles. The van der Waals surface area contributed by atoms with Crippen LogP contribution in [0.1, 0.15) is 18.8 Å². The number of ether oxygens (including phenoxy) is 1. The lowest BCUT2D eigenvalue weighted by Gasteiger charge is -2.12. The number of hydrogen-bond donors (Lipinski definition) is 2. The van der Waals surface area contributed by atoms with Gasteiger partial charge in [0, 0.05) is 12.6 Å². The molecule has 108 valence electrons. The number of ketones is 2. The van der Waals surface area contributed by atoms with Gasteiger partial charge < -0.3 is 14.9 Å². The highest BCUT2D eigenvalue weighted by atomic mass is 16.6. The summed E-state index contributed by atoms with van der Waals surface area (Å²) < 4.78 is 6.05. The molecule has 0 spiro atoms. The molecule has 0 saturated carbocycles. The van der Waals surface area contributed by atoms with Crippen molar-refractivity contribution in [3.8, 4) is 0 Å². The first kappa shape index (κ1) is 14.5. The SMILES string of the molecule is CC(=O)Cc1ccn([C@@H]2O[C@H](CO)[C@@H](O)C2=O)c(=O)n1. The highest BCUT2D eigenvalue weighted by Crippen LogP contribution is 2.23. The fraction of sp³-hybridized carbons (Fsp3) is 0.500. The Hall–Kier alpha value is -1.90. The highest BCUT2D eigenvalue weighted by molar-refractivity contribution is 5.87. The fourth-order valence-electron chi connectivity index (χ4n) is 1.96. The van der Waals surface area contributed by atoms with E-state index < -0.39 is 36.5 Å². The second-order valence-electron chi connectivity index (χ2n) is 4.54. The molecule has 8 nitrogen and oxygen atoms in total. The van der Waals surface area contributed by atoms with Gasteiger partial charge >= 0.3 is 5.69 Å². The van der Waals surface area contributed by atoms with Crippen molar-refractivity contribution in [3.05, 3.63) is 28.4 Å². The molecule has 2 heterocycles. The van der Waals surface area contributed by atoms with E-state index in [2.05, 4.69) is 4.98 Å². The second kappa shape index (κ2) is 5.61. The van der Waals surface area contributed by atoms with Crippen LogP contribution in [0.5, 0.6) is 0 Å². The standard InChI is InChI=1S/C12H14N2O6/c1-6(16)4-7-2-3-14(12(19)13-7)11-10(18)9(17)8(5-15)20-11/h2-3,8-9,11,15,17H,4-5H2,1H3/t8-,9-,11-/m1/s1. The van der Waals surface area contributed by atoms with Gasteiger partial charge in [0.15, 0.2) is 0 Å². The molecule has 8 heteroatoms. The Balaban J connectivity index is 2.28. The number of carbonyl (C=O) groups is 2. The average molecular weight is 282 g/mol. The molecule has 1 aromatic rings. The van der Waals surface area contributed by atoms with E-state index in [-0.39, 0.29) is 12.2 Å². The molecule has 0 unspecified atom stereocenters. The summed E-state index contributed by atoms with van der Waals surface area (Å²) in [6.07, 6.45) is -2.54. The molecule has 1 aliphatic rings. The Bertz CT molecular complexity index is 596. The van der Waals surface area contributed by atoms with Crippen molar-refractivity contribution in [2.24, 2.45) is 0 Å². The molecule has 1 fully saturated rings. The first-order valence-electron chi connectivity index (χ1n) is 5.99. The van der Waals surface area contributed by atoms with Crippen LogP contribution in [0.25, 0.3) is 0 Å². The molecule has 20 heavy (non-hydrogen) atoms. The van der Waals surface area contributed by atoms with Crippen molar-refractivity contribution in [2.45, 2.75) is 31.8 Å². The third-order valence-corrected chi connectivity index (χ3v) is 2.94. The number of aliphatic hydroxyl groups excluding tert-OH is 2. The summed E-state index contributed by atoms with van der Waals surface area (Å²) in [6.45, 7) is 0.840. The number of rotatable bonds is 4. The maximum atomic E-state index is 11.8. The molecule has 0 radical (unpaired) electrons. The summed E-state index contributed by atoms with van der Waals surface area (Å²) in [5.41, 5.74) is -0.462. The molecule has 2 N–H and O–H groups in total. The van der Waals surface area contributed by atoms with Crippen molar-refractivity contribution < 1.29 is 24.5 Å². The first-order chi connectivity index (χ1) is 9.43. The number of Topliss-reactive ketones (excluding diaryl/α,β-unsaturated/α-hetero) is 2. The molecule has 0 aromatic carbocycles. The number of nitrogens with zero attached hydrogens (tertiary/aromatic N) is 2. The average Bonchev–Trinajstić information content (AvgIpc) is 2.66. The number of carbonyl (C=O) groups excluding carboxylic acids is 2. The normalized spacial score (nSPS) is 25.9. The summed E-state index contributed by atoms with van der Waals surface area (Å²) in [5.74, 6) is -0.856. The van der Waals surface area contributed by atoms with E-state index in [1.165, 1.54) is 19.2 Å². The Labute approximate surface area is 113 Å². The minimum atomic E-state index is -1.48. The van der Waals surface area contributed by atoms with Gasteiger partial charge in [0.25, 0.3) is 0 Å². The molecule has 0 aliphatic carbocycles. The van der Waals surface area contributed by atoms with E-state index in [0.717, 1.165) is 4.57 Å². The minimum Gasteiger partial charge on any atom is -0.394 e. The second-order valence-corrected chi connectivity index (χ2v) is 4.54. The van der Waals surface area contributed by atoms with Gasteiger partial charge in [-0.25, -0.2) is 4.79 Å². The summed E-state index contributed by atoms with van der Waals surface area (Å²) in [6, 6.07) is 1.43. The Morgan fingerprint density at radius 1 is 1.50 bits per heavy atom. The van der Waals surface area contributed by atoms with Gasteiger partial charge in [-0.1, -0.05) is 0 Å². The summed E-state index contributed by atoms with van der Waals surface area (Å²) in [4.78, 5) is 38.2. The van der Waals surface area contributed by atoms with Crippen LogP contribution in [0.15, 0.2) is 17.1 Å². The van der Waals surface area contributed by atoms with Crippen LogP contribution in [0.4, 0.5) is 0 Å². The number of aliphatic hydroxyl groups is 2. The molecular formula is C12H14N2O6. The Morgan fingerprint density at radius 3 is 2.70 bits per heavy atom. The van der Waals surface area contributed by atoms with Crippen LogP contribution in [-0.2, 0) is 20.7 Å². The topological polar surface area (TPSA) is 119 Å². The predicted molar refractivity (Wildman–Crippen MR) is 64.9 cm³/mol. The predicted octanol–water partition coefficient (Wildman–Crippen LogP) is -1.81. The van der Waals surface area contributed by atoms with Crippen molar-refractivity contribution in [3.63, 3.8) is 0 Å². The Morgan fingerprint density at radius 2 is 2.20 bits per heavy atom. The number of aromatic nitrogens is 2. The van der Waals surface area contributed by atoms with E-state index in [9.17, 15) is 19.5 Å². The zero-order valence-corrected chi connectivity index (χ0v) is 10.7. The van der Waals surface area contributed by atoms with Crippen molar-refractivity contribution in [2.75, 3.05) is 6.61 Å². The fourth-order valence-corrected chi connectivity index (χ4v) is 1.96. The van der Waals surface area contributed by atoms with E-state index >= 15 is 0 Å². The smallest absolute Gasteiger partial charge is 0.350 e. The van der Waals surface area contributed by atoms with Gasteiger partial charge in [0.1, 0.15) is 18.0 Å². The van der Waals surface area contributed by atoms with Gasteiger partial charge in [-0.15, -0.1) is 0 Å². The van der Waals surface area contributed by atoms with Gasteiger partial charge in [-0.05, 0) is 13.0 Å². The monoisotopic (exact) mass is 282 g/mol. The van der Waals surface area contributed by atoms with E-state index in [1.807, 2.05) is 0 Å². The maximum Gasteiger partial charge on any atom is 0.350 e. The molecule has 2 rings (SSSR count). The van der Waals surface area contributed by atoms with Crippen molar-refractivity contribution >= 4 is 11.6 Å². The van der Waals surface area contributed by atoms with E-state index in [4.69, 9.17) is 9.84 Å². The van der Waals surface area contributed by atoms with E-state index in [1.54, 1.807) is 0 Å². The summed E-state index contributed by atoms with van der Waals surface area (Å²) in [5, 5.41) is 18.5. The van der Waals surface area contributed by atoms with Crippen LogP contribution in [0.3, 0.4) is 0 Å². The minimum absolute atomic E-state index is 0.0252. The molecular weight excluding hydrogens is 268 g/mol. The third-order valence-electron chi connectivity index (χ3n) is 2.94. The van der Waals surface area contributed by atoms with Crippen LogP contribution < -0.4 is 5.69 Å². The van der Waals surface area contributed by atoms with Gasteiger partial charge in [0.05, 0.1) is 12.3 Å². The molecule has 1 aliphatic heterocycles. The molecule has 0 bridgehead atoms. The zero-order chi connectivity index (χ0) is 14.9. The largest absolute Gasteiger partial charge is 0.394 e. The maximum absolute atomic E-state index is 11.8. The lowest BCUT2D eigenvalue weighted by atomic mass is 10.1. The van der Waals surface area contributed by atoms with Crippen molar-refractivity contribution in [1.82, 2.24) is 9.55 Å². The first-order valence-corrected chi connectivity index (χ1v) is 5.99. The van der Waals surface area contributed by atoms with Crippen LogP contribution in [0, 0.1) is 0 Å². The Kier molecular flexibility index (Phi) is 4.07. The lowest BCUT2D eigenvalue weighted by Crippen LogP contribution is -2.32. The van der Waals surface area contributed by atoms with Crippen LogP contribution in [-0.4, -0.2) is 50.1 Å². The summed E-state index contributed by atoms with van der Waals surface area (Å²) >= 11 is 0. The summed E-state index contributed by atoms with van der Waals surface area (Å²) in [7, 11) is 0. The van der Waals surface area contributed by atoms with Crippen molar-refractivity contribution in [1.29, 1.82) is 0 Å². The third kappa shape index (κ3) is 2.67. The quantitative estimate of drug-likeness (QED) is 0.668. The molecule has 3 atom stereocenters. The highest BCUT2D eigenvalue weighted by Gasteiger charge is 2.43. The van der Waals surface area contributed by atoms with Gasteiger partial charge in [-0.3, -0.25) is 14.2 Å². The van der Waals surface area contributed by atoms with E-state index in [0.29, 0.717) is 5.69 Å². The van der Waals surface area contributed by atoms with Gasteiger partial charge in [-0.2, -0.15) is 4.98 Å². The molecule has 1 aromatic heterocycles. The zero-order valence-electron chi connectivity index (χ0n) is 10.7. The lowest BCUT2D eigenvalue weighted by molar-refractivity contribution is -0.130.